The summed E-state index contributed by atoms with van der Waals surface area (Å²) in [5.74, 6) is 1.35. The Morgan fingerprint density at radius 3 is 2.73 bits per heavy atom. The van der Waals surface area contributed by atoms with Gasteiger partial charge in [-0.3, -0.25) is 4.90 Å². The standard InChI is InChI=1S/C17H24F3N3O3/c1-25-14-4-3-12(15(9-14)26-2)5-7-21-16(24)22-13-6-8-23(10-13)11-17(18,19)20/h3-4,9,13H,5-8,10-11H2,1-2H3,(H2,21,22,24). The number of halogens is 3. The molecular formula is C17H24F3N3O3. The molecule has 2 N–H and O–H groups in total. The van der Waals surface area contributed by atoms with Gasteiger partial charge >= 0.3 is 12.2 Å². The summed E-state index contributed by atoms with van der Waals surface area (Å²) in [6.45, 7) is -0.0235. The van der Waals surface area contributed by atoms with Gasteiger partial charge in [0.25, 0.3) is 0 Å². The molecule has 9 heteroatoms. The molecule has 1 unspecified atom stereocenters. The molecule has 1 saturated heterocycles. The summed E-state index contributed by atoms with van der Waals surface area (Å²) in [6, 6.07) is 4.79. The Morgan fingerprint density at radius 2 is 2.08 bits per heavy atom. The van der Waals surface area contributed by atoms with Gasteiger partial charge in [-0.15, -0.1) is 0 Å². The van der Waals surface area contributed by atoms with Crippen LogP contribution in [0.3, 0.4) is 0 Å². The lowest BCUT2D eigenvalue weighted by Crippen LogP contribution is -2.44. The fraction of sp³-hybridized carbons (Fsp3) is 0.588. The Morgan fingerprint density at radius 1 is 1.31 bits per heavy atom. The maximum Gasteiger partial charge on any atom is 0.401 e. The van der Waals surface area contributed by atoms with E-state index in [0.717, 1.165) is 5.56 Å². The number of carbonyl (C=O) groups is 1. The minimum atomic E-state index is -4.21. The first-order valence-corrected chi connectivity index (χ1v) is 8.35. The number of ether oxygens (including phenoxy) is 2. The highest BCUT2D eigenvalue weighted by Crippen LogP contribution is 2.24. The zero-order chi connectivity index (χ0) is 19.2. The van der Waals surface area contributed by atoms with E-state index in [-0.39, 0.29) is 18.6 Å². The van der Waals surface area contributed by atoms with E-state index in [1.807, 2.05) is 12.1 Å². The maximum atomic E-state index is 12.4. The first kappa shape index (κ1) is 20.2. The topological polar surface area (TPSA) is 62.8 Å². The average molecular weight is 375 g/mol. The number of benzene rings is 1. The van der Waals surface area contributed by atoms with E-state index in [0.29, 0.717) is 37.4 Å². The van der Waals surface area contributed by atoms with E-state index in [1.165, 1.54) is 4.90 Å². The number of likely N-dealkylation sites (tertiary alicyclic amines) is 1. The van der Waals surface area contributed by atoms with E-state index in [4.69, 9.17) is 9.47 Å². The Balaban J connectivity index is 1.73. The molecule has 1 aliphatic rings. The monoisotopic (exact) mass is 375 g/mol. The molecule has 1 heterocycles. The van der Waals surface area contributed by atoms with Crippen molar-refractivity contribution in [3.63, 3.8) is 0 Å². The molecule has 0 spiro atoms. The number of hydrogen-bond donors (Lipinski definition) is 2. The number of amides is 2. The van der Waals surface area contributed by atoms with Gasteiger partial charge in [-0.25, -0.2) is 4.79 Å². The van der Waals surface area contributed by atoms with Crippen LogP contribution in [0.25, 0.3) is 0 Å². The predicted octanol–water partition coefficient (Wildman–Crippen LogP) is 2.18. The molecule has 1 fully saturated rings. The van der Waals surface area contributed by atoms with Gasteiger partial charge in [0.2, 0.25) is 0 Å². The van der Waals surface area contributed by atoms with Crippen molar-refractivity contribution in [1.82, 2.24) is 15.5 Å². The van der Waals surface area contributed by atoms with Crippen LogP contribution >= 0.6 is 0 Å². The summed E-state index contributed by atoms with van der Waals surface area (Å²) < 4.78 is 47.6. The molecule has 26 heavy (non-hydrogen) atoms. The molecule has 0 aliphatic carbocycles. The number of rotatable bonds is 7. The van der Waals surface area contributed by atoms with Crippen LogP contribution in [0, 0.1) is 0 Å². The van der Waals surface area contributed by atoms with Crippen molar-refractivity contribution < 1.29 is 27.4 Å². The van der Waals surface area contributed by atoms with Crippen LogP contribution in [0.5, 0.6) is 11.5 Å². The van der Waals surface area contributed by atoms with Crippen LogP contribution in [0.15, 0.2) is 18.2 Å². The maximum absolute atomic E-state index is 12.4. The minimum Gasteiger partial charge on any atom is -0.497 e. The molecule has 0 radical (unpaired) electrons. The second-order valence-corrected chi connectivity index (χ2v) is 6.16. The molecule has 1 aromatic rings. The second kappa shape index (κ2) is 8.98. The largest absolute Gasteiger partial charge is 0.497 e. The van der Waals surface area contributed by atoms with Crippen LogP contribution < -0.4 is 20.1 Å². The Labute approximate surface area is 150 Å². The van der Waals surface area contributed by atoms with Crippen molar-refractivity contribution in [1.29, 1.82) is 0 Å². The quantitative estimate of drug-likeness (QED) is 0.767. The highest BCUT2D eigenvalue weighted by molar-refractivity contribution is 5.74. The number of carbonyl (C=O) groups excluding carboxylic acids is 1. The van der Waals surface area contributed by atoms with Gasteiger partial charge in [0.15, 0.2) is 0 Å². The highest BCUT2D eigenvalue weighted by Gasteiger charge is 2.34. The van der Waals surface area contributed by atoms with E-state index >= 15 is 0 Å². The number of hydrogen-bond acceptors (Lipinski definition) is 4. The molecule has 146 valence electrons. The molecule has 2 rings (SSSR count). The SMILES string of the molecule is COc1ccc(CCNC(=O)NC2CCN(CC(F)(F)F)C2)c(OC)c1. The van der Waals surface area contributed by atoms with Gasteiger partial charge in [-0.05, 0) is 24.5 Å². The molecule has 0 bridgehead atoms. The average Bonchev–Trinajstić information content (AvgIpc) is 2.99. The first-order chi connectivity index (χ1) is 12.3. The summed E-state index contributed by atoms with van der Waals surface area (Å²) in [5, 5.41) is 5.44. The zero-order valence-electron chi connectivity index (χ0n) is 14.9. The van der Waals surface area contributed by atoms with Gasteiger partial charge in [0.05, 0.1) is 20.8 Å². The minimum absolute atomic E-state index is 0.208. The lowest BCUT2D eigenvalue weighted by molar-refractivity contribution is -0.143. The number of nitrogens with one attached hydrogen (secondary N) is 2. The van der Waals surface area contributed by atoms with Crippen LogP contribution in [-0.4, -0.2) is 63.5 Å². The molecular weight excluding hydrogens is 351 g/mol. The fourth-order valence-corrected chi connectivity index (χ4v) is 2.95. The first-order valence-electron chi connectivity index (χ1n) is 8.35. The molecule has 1 aliphatic heterocycles. The normalized spacial score (nSPS) is 17.8. The highest BCUT2D eigenvalue weighted by atomic mass is 19.4. The zero-order valence-corrected chi connectivity index (χ0v) is 14.9. The Kier molecular flexibility index (Phi) is 6.96. The van der Waals surface area contributed by atoms with Crippen molar-refractivity contribution >= 4 is 6.03 Å². The van der Waals surface area contributed by atoms with Gasteiger partial charge in [-0.2, -0.15) is 13.2 Å². The van der Waals surface area contributed by atoms with E-state index in [1.54, 1.807) is 20.3 Å². The lowest BCUT2D eigenvalue weighted by atomic mass is 10.1. The van der Waals surface area contributed by atoms with Gasteiger partial charge in [0, 0.05) is 31.7 Å². The number of methoxy groups -OCH3 is 2. The smallest absolute Gasteiger partial charge is 0.401 e. The van der Waals surface area contributed by atoms with E-state index < -0.39 is 12.7 Å². The molecule has 6 nitrogen and oxygen atoms in total. The van der Waals surface area contributed by atoms with Crippen molar-refractivity contribution in [3.05, 3.63) is 23.8 Å². The summed E-state index contributed by atoms with van der Waals surface area (Å²) >= 11 is 0. The molecule has 1 aromatic carbocycles. The lowest BCUT2D eigenvalue weighted by Gasteiger charge is -2.18. The van der Waals surface area contributed by atoms with Crippen molar-refractivity contribution in [3.8, 4) is 11.5 Å². The molecule has 0 saturated carbocycles. The van der Waals surface area contributed by atoms with Gasteiger partial charge < -0.3 is 20.1 Å². The van der Waals surface area contributed by atoms with E-state index in [2.05, 4.69) is 10.6 Å². The predicted molar refractivity (Wildman–Crippen MR) is 90.7 cm³/mol. The molecule has 0 aromatic heterocycles. The van der Waals surface area contributed by atoms with Gasteiger partial charge in [0.1, 0.15) is 11.5 Å². The van der Waals surface area contributed by atoms with Crippen molar-refractivity contribution in [2.45, 2.75) is 25.1 Å². The third-order valence-corrected chi connectivity index (χ3v) is 4.18. The number of alkyl halides is 3. The number of urea groups is 1. The Hall–Kier alpha value is -2.16. The Bertz CT molecular complexity index is 611. The van der Waals surface area contributed by atoms with Crippen LogP contribution in [0.2, 0.25) is 0 Å². The van der Waals surface area contributed by atoms with Gasteiger partial charge in [-0.1, -0.05) is 6.07 Å². The van der Waals surface area contributed by atoms with Crippen molar-refractivity contribution in [2.24, 2.45) is 0 Å². The summed E-state index contributed by atoms with van der Waals surface area (Å²) in [6.07, 6.45) is -3.14. The summed E-state index contributed by atoms with van der Waals surface area (Å²) in [5.41, 5.74) is 0.922. The molecule has 1 atom stereocenters. The third-order valence-electron chi connectivity index (χ3n) is 4.18. The van der Waals surface area contributed by atoms with Crippen molar-refractivity contribution in [2.75, 3.05) is 40.4 Å². The van der Waals surface area contributed by atoms with Crippen LogP contribution in [0.4, 0.5) is 18.0 Å². The number of nitrogens with zero attached hydrogens (tertiary/aromatic N) is 1. The fourth-order valence-electron chi connectivity index (χ4n) is 2.95. The second-order valence-electron chi connectivity index (χ2n) is 6.16. The van der Waals surface area contributed by atoms with Crippen LogP contribution in [-0.2, 0) is 6.42 Å². The van der Waals surface area contributed by atoms with Crippen LogP contribution in [0.1, 0.15) is 12.0 Å². The van der Waals surface area contributed by atoms with E-state index in [9.17, 15) is 18.0 Å². The third kappa shape index (κ3) is 6.29. The summed E-state index contributed by atoms with van der Waals surface area (Å²) in [4.78, 5) is 13.2. The summed E-state index contributed by atoms with van der Waals surface area (Å²) in [7, 11) is 3.13. The molecule has 2 amide bonds.